The highest BCUT2D eigenvalue weighted by Gasteiger charge is 2.11. The molecule has 17 heavy (non-hydrogen) atoms. The number of esters is 1. The maximum Gasteiger partial charge on any atom is 0.337 e. The molecular formula is C12H15NO4. The lowest BCUT2D eigenvalue weighted by Gasteiger charge is -2.07. The molecule has 0 saturated heterocycles. The second kappa shape index (κ2) is 5.34. The molecule has 3 N–H and O–H groups in total. The van der Waals surface area contributed by atoms with E-state index in [0.717, 1.165) is 0 Å². The molecule has 0 aliphatic rings. The van der Waals surface area contributed by atoms with E-state index >= 15 is 0 Å². The Morgan fingerprint density at radius 1 is 1.41 bits per heavy atom. The number of hydrogen-bond acceptors (Lipinski definition) is 4. The molecule has 0 aromatic heterocycles. The number of benzene rings is 1. The van der Waals surface area contributed by atoms with Gasteiger partial charge in [-0.05, 0) is 18.1 Å². The Hall–Kier alpha value is -2.04. The van der Waals surface area contributed by atoms with Crippen molar-refractivity contribution in [3.05, 3.63) is 23.8 Å². The van der Waals surface area contributed by atoms with Gasteiger partial charge in [-0.15, -0.1) is 0 Å². The second-order valence-corrected chi connectivity index (χ2v) is 4.13. The molecule has 0 amide bonds. The number of carboxylic acids is 1. The van der Waals surface area contributed by atoms with Crippen LogP contribution in [0.4, 0.5) is 5.69 Å². The summed E-state index contributed by atoms with van der Waals surface area (Å²) in [7, 11) is 0. The van der Waals surface area contributed by atoms with Gasteiger partial charge in [0.05, 0.1) is 5.56 Å². The molecule has 5 nitrogen and oxygen atoms in total. The predicted octanol–water partition coefficient (Wildman–Crippen LogP) is 1.92. The van der Waals surface area contributed by atoms with E-state index in [4.69, 9.17) is 15.6 Å². The highest BCUT2D eigenvalue weighted by atomic mass is 16.5. The van der Waals surface area contributed by atoms with Crippen molar-refractivity contribution in [1.82, 2.24) is 0 Å². The second-order valence-electron chi connectivity index (χ2n) is 4.13. The van der Waals surface area contributed by atoms with E-state index < -0.39 is 5.97 Å². The van der Waals surface area contributed by atoms with Gasteiger partial charge in [-0.2, -0.15) is 0 Å². The van der Waals surface area contributed by atoms with Crippen LogP contribution in [-0.2, 0) is 4.79 Å². The fourth-order valence-corrected chi connectivity index (χ4v) is 1.31. The third kappa shape index (κ3) is 3.79. The van der Waals surface area contributed by atoms with Gasteiger partial charge < -0.3 is 15.6 Å². The van der Waals surface area contributed by atoms with Crippen molar-refractivity contribution in [3.63, 3.8) is 0 Å². The highest BCUT2D eigenvalue weighted by molar-refractivity contribution is 5.94. The number of nitrogens with two attached hydrogens (primary N) is 1. The molecule has 0 radical (unpaired) electrons. The molecule has 92 valence electrons. The molecule has 0 fully saturated rings. The molecule has 0 spiro atoms. The van der Waals surface area contributed by atoms with Crippen molar-refractivity contribution >= 4 is 17.6 Å². The van der Waals surface area contributed by atoms with Gasteiger partial charge in [0.25, 0.3) is 0 Å². The number of carbonyl (C=O) groups excluding carboxylic acids is 1. The van der Waals surface area contributed by atoms with Crippen molar-refractivity contribution in [2.24, 2.45) is 5.92 Å². The van der Waals surface area contributed by atoms with Crippen molar-refractivity contribution in [1.29, 1.82) is 0 Å². The van der Waals surface area contributed by atoms with E-state index in [9.17, 15) is 9.59 Å². The van der Waals surface area contributed by atoms with Crippen LogP contribution in [0.15, 0.2) is 18.2 Å². The summed E-state index contributed by atoms with van der Waals surface area (Å²) in [6.07, 6.45) is 0.306. The predicted molar refractivity (Wildman–Crippen MR) is 62.9 cm³/mol. The topological polar surface area (TPSA) is 89.6 Å². The van der Waals surface area contributed by atoms with Crippen LogP contribution in [0.25, 0.3) is 0 Å². The summed E-state index contributed by atoms with van der Waals surface area (Å²) in [5, 5.41) is 8.77. The summed E-state index contributed by atoms with van der Waals surface area (Å²) < 4.78 is 5.03. The quantitative estimate of drug-likeness (QED) is 0.474. The average molecular weight is 237 g/mol. The van der Waals surface area contributed by atoms with E-state index in [1.54, 1.807) is 0 Å². The van der Waals surface area contributed by atoms with Crippen LogP contribution in [0.1, 0.15) is 30.6 Å². The SMILES string of the molecule is CC(C)CC(=O)Oc1ccc(C(=O)O)c(N)c1. The fraction of sp³-hybridized carbons (Fsp3) is 0.333. The zero-order valence-electron chi connectivity index (χ0n) is 9.77. The maximum absolute atomic E-state index is 11.4. The van der Waals surface area contributed by atoms with Gasteiger partial charge in [-0.25, -0.2) is 4.79 Å². The summed E-state index contributed by atoms with van der Waals surface area (Å²) in [4.78, 5) is 22.1. The lowest BCUT2D eigenvalue weighted by Crippen LogP contribution is -2.11. The molecule has 0 aliphatic heterocycles. The zero-order chi connectivity index (χ0) is 13.0. The van der Waals surface area contributed by atoms with Gasteiger partial charge in [0.2, 0.25) is 0 Å². The number of ether oxygens (including phenoxy) is 1. The number of nitrogen functional groups attached to an aromatic ring is 1. The summed E-state index contributed by atoms with van der Waals surface area (Å²) in [6, 6.07) is 4.06. The van der Waals surface area contributed by atoms with Crippen LogP contribution in [0, 0.1) is 5.92 Å². The van der Waals surface area contributed by atoms with Crippen LogP contribution < -0.4 is 10.5 Å². The monoisotopic (exact) mass is 237 g/mol. The molecule has 0 bridgehead atoms. The molecule has 1 aromatic rings. The summed E-state index contributed by atoms with van der Waals surface area (Å²) in [6.45, 7) is 3.81. The minimum atomic E-state index is -1.11. The van der Waals surface area contributed by atoms with Crippen LogP contribution >= 0.6 is 0 Å². The van der Waals surface area contributed by atoms with Crippen LogP contribution in [0.3, 0.4) is 0 Å². The molecule has 1 aromatic carbocycles. The Kier molecular flexibility index (Phi) is 4.09. The summed E-state index contributed by atoms with van der Waals surface area (Å²) in [5.74, 6) is -0.999. The van der Waals surface area contributed by atoms with Gasteiger partial charge in [-0.1, -0.05) is 13.8 Å². The van der Waals surface area contributed by atoms with Crippen molar-refractivity contribution in [2.45, 2.75) is 20.3 Å². The minimum absolute atomic E-state index is 0.00587. The minimum Gasteiger partial charge on any atom is -0.478 e. The first-order chi connectivity index (χ1) is 7.90. The molecule has 5 heteroatoms. The Labute approximate surface area is 99.2 Å². The maximum atomic E-state index is 11.4. The number of rotatable bonds is 4. The summed E-state index contributed by atoms with van der Waals surface area (Å²) in [5.41, 5.74) is 5.60. The molecule has 0 saturated carbocycles. The van der Waals surface area contributed by atoms with Gasteiger partial charge in [0.1, 0.15) is 5.75 Å². The zero-order valence-corrected chi connectivity index (χ0v) is 9.77. The third-order valence-electron chi connectivity index (χ3n) is 2.06. The lowest BCUT2D eigenvalue weighted by molar-refractivity contribution is -0.135. The van der Waals surface area contributed by atoms with Crippen LogP contribution in [0.2, 0.25) is 0 Å². The van der Waals surface area contributed by atoms with Gasteiger partial charge in [-0.3, -0.25) is 4.79 Å². The first-order valence-corrected chi connectivity index (χ1v) is 5.23. The molecular weight excluding hydrogens is 222 g/mol. The molecule has 0 aliphatic carbocycles. The Bertz CT molecular complexity index is 440. The normalized spacial score (nSPS) is 10.3. The number of hydrogen-bond donors (Lipinski definition) is 2. The smallest absolute Gasteiger partial charge is 0.337 e. The van der Waals surface area contributed by atoms with E-state index in [1.165, 1.54) is 18.2 Å². The number of anilines is 1. The van der Waals surface area contributed by atoms with Gasteiger partial charge in [0, 0.05) is 18.2 Å². The van der Waals surface area contributed by atoms with Gasteiger partial charge in [0.15, 0.2) is 0 Å². The van der Waals surface area contributed by atoms with E-state index in [-0.39, 0.29) is 28.9 Å². The molecule has 0 heterocycles. The number of aromatic carboxylic acids is 1. The standard InChI is InChI=1S/C12H15NO4/c1-7(2)5-11(14)17-8-3-4-9(12(15)16)10(13)6-8/h3-4,6-7H,5,13H2,1-2H3,(H,15,16). The fourth-order valence-electron chi connectivity index (χ4n) is 1.31. The van der Waals surface area contributed by atoms with Crippen LogP contribution in [-0.4, -0.2) is 17.0 Å². The Morgan fingerprint density at radius 3 is 2.53 bits per heavy atom. The number of carboxylic acid groups (broad SMARTS) is 1. The number of carbonyl (C=O) groups is 2. The van der Waals surface area contributed by atoms with E-state index in [2.05, 4.69) is 0 Å². The average Bonchev–Trinajstić information content (AvgIpc) is 2.15. The molecule has 1 rings (SSSR count). The Morgan fingerprint density at radius 2 is 2.06 bits per heavy atom. The lowest BCUT2D eigenvalue weighted by atomic mass is 10.1. The molecule has 0 unspecified atom stereocenters. The highest BCUT2D eigenvalue weighted by Crippen LogP contribution is 2.20. The first-order valence-electron chi connectivity index (χ1n) is 5.23. The summed E-state index contributed by atoms with van der Waals surface area (Å²) >= 11 is 0. The van der Waals surface area contributed by atoms with E-state index in [1.807, 2.05) is 13.8 Å². The van der Waals surface area contributed by atoms with Crippen LogP contribution in [0.5, 0.6) is 5.75 Å². The largest absolute Gasteiger partial charge is 0.478 e. The van der Waals surface area contributed by atoms with Crippen molar-refractivity contribution < 1.29 is 19.4 Å². The molecule has 0 atom stereocenters. The van der Waals surface area contributed by atoms with Crippen molar-refractivity contribution in [3.8, 4) is 5.75 Å². The van der Waals surface area contributed by atoms with Gasteiger partial charge >= 0.3 is 11.9 Å². The third-order valence-corrected chi connectivity index (χ3v) is 2.06. The van der Waals surface area contributed by atoms with E-state index in [0.29, 0.717) is 6.42 Å². The first kappa shape index (κ1) is 13.0. The Balaban J connectivity index is 2.77. The van der Waals surface area contributed by atoms with Crippen molar-refractivity contribution in [2.75, 3.05) is 5.73 Å².